The fourth-order valence-corrected chi connectivity index (χ4v) is 5.72. The zero-order chi connectivity index (χ0) is 11.3. The molecule has 1 heteroatoms. The highest BCUT2D eigenvalue weighted by molar-refractivity contribution is 6.79. The highest BCUT2D eigenvalue weighted by Gasteiger charge is 2.26. The molecule has 0 aliphatic heterocycles. The summed E-state index contributed by atoms with van der Waals surface area (Å²) in [5, 5.41) is 0. The third kappa shape index (κ3) is 3.20. The molecule has 0 nitrogen and oxygen atoms in total. The average molecular weight is 220 g/mol. The minimum absolute atomic E-state index is 0.981. The molecule has 1 aromatic rings. The van der Waals surface area contributed by atoms with E-state index in [1.807, 2.05) is 0 Å². The van der Waals surface area contributed by atoms with E-state index in [0.29, 0.717) is 0 Å². The molecule has 0 N–H and O–H groups in total. The number of benzene rings is 1. The lowest BCUT2D eigenvalue weighted by atomic mass is 10.2. The van der Waals surface area contributed by atoms with Crippen molar-refractivity contribution >= 4 is 8.07 Å². The quantitative estimate of drug-likeness (QED) is 0.637. The van der Waals surface area contributed by atoms with Gasteiger partial charge in [-0.2, -0.15) is 0 Å². The van der Waals surface area contributed by atoms with E-state index in [0.717, 1.165) is 0 Å². The van der Waals surface area contributed by atoms with Crippen molar-refractivity contribution < 1.29 is 0 Å². The third-order valence-electron chi connectivity index (χ3n) is 3.91. The van der Waals surface area contributed by atoms with Gasteiger partial charge in [-0.15, -0.1) is 0 Å². The molecule has 0 aliphatic carbocycles. The highest BCUT2D eigenvalue weighted by atomic mass is 28.3. The molecule has 0 aliphatic rings. The van der Waals surface area contributed by atoms with E-state index in [2.05, 4.69) is 52.0 Å². The summed E-state index contributed by atoms with van der Waals surface area (Å²) in [6.45, 7) is 9.34. The molecule has 15 heavy (non-hydrogen) atoms. The van der Waals surface area contributed by atoms with Crippen molar-refractivity contribution in [3.05, 3.63) is 35.4 Å². The second-order valence-corrected chi connectivity index (χ2v) is 10.2. The molecule has 0 fully saturated rings. The molecule has 0 bridgehead atoms. The lowest BCUT2D eigenvalue weighted by Gasteiger charge is -2.28. The lowest BCUT2D eigenvalue weighted by molar-refractivity contribution is 1.10. The third-order valence-corrected chi connectivity index (χ3v) is 9.57. The first-order valence-corrected chi connectivity index (χ1v) is 9.04. The van der Waals surface area contributed by atoms with E-state index in [-0.39, 0.29) is 0 Å². The van der Waals surface area contributed by atoms with Crippen molar-refractivity contribution in [3.63, 3.8) is 0 Å². The highest BCUT2D eigenvalue weighted by Crippen LogP contribution is 2.25. The van der Waals surface area contributed by atoms with Gasteiger partial charge in [-0.25, -0.2) is 0 Å². The van der Waals surface area contributed by atoms with Crippen LogP contribution in [0.1, 0.15) is 31.9 Å². The van der Waals surface area contributed by atoms with E-state index in [1.165, 1.54) is 29.7 Å². The normalized spacial score (nSPS) is 11.7. The summed E-state index contributed by atoms with van der Waals surface area (Å²) in [5.41, 5.74) is 2.96. The standard InChI is InChI=1S/C14H24Si/c1-5-15(6-2,7-3)12-14-10-8-9-13(4)11-14/h8-11H,5-7,12H2,1-4H3. The van der Waals surface area contributed by atoms with Crippen LogP contribution in [0.2, 0.25) is 18.1 Å². The summed E-state index contributed by atoms with van der Waals surface area (Å²) in [5.74, 6) is 0. The monoisotopic (exact) mass is 220 g/mol. The Bertz CT molecular complexity index is 292. The molecule has 0 amide bonds. The van der Waals surface area contributed by atoms with E-state index in [4.69, 9.17) is 0 Å². The molecule has 0 atom stereocenters. The van der Waals surface area contributed by atoms with E-state index in [1.54, 1.807) is 5.56 Å². The van der Waals surface area contributed by atoms with Crippen molar-refractivity contribution in [1.29, 1.82) is 0 Å². The van der Waals surface area contributed by atoms with Crippen LogP contribution in [-0.2, 0) is 6.04 Å². The molecular weight excluding hydrogens is 196 g/mol. The molecule has 0 unspecified atom stereocenters. The largest absolute Gasteiger partial charge is 0.0678 e. The molecule has 1 aromatic carbocycles. The smallest absolute Gasteiger partial charge is 0.0571 e. The summed E-state index contributed by atoms with van der Waals surface area (Å²) in [4.78, 5) is 0. The summed E-state index contributed by atoms with van der Waals surface area (Å²) in [6.07, 6.45) is 0. The number of hydrogen-bond acceptors (Lipinski definition) is 0. The zero-order valence-corrected chi connectivity index (χ0v) is 11.6. The van der Waals surface area contributed by atoms with Crippen LogP contribution in [0.15, 0.2) is 24.3 Å². The van der Waals surface area contributed by atoms with Gasteiger partial charge in [0.1, 0.15) is 0 Å². The fourth-order valence-electron chi connectivity index (χ4n) is 2.38. The van der Waals surface area contributed by atoms with Gasteiger partial charge in [0.25, 0.3) is 0 Å². The Balaban J connectivity index is 2.82. The Labute approximate surface area is 95.7 Å². The summed E-state index contributed by atoms with van der Waals surface area (Å²) >= 11 is 0. The number of rotatable bonds is 5. The van der Waals surface area contributed by atoms with Gasteiger partial charge in [-0.3, -0.25) is 0 Å². The van der Waals surface area contributed by atoms with Gasteiger partial charge < -0.3 is 0 Å². The zero-order valence-electron chi connectivity index (χ0n) is 10.6. The summed E-state index contributed by atoms with van der Waals surface area (Å²) in [7, 11) is -0.981. The number of aryl methyl sites for hydroxylation is 1. The molecular formula is C14H24Si. The molecule has 0 spiro atoms. The Hall–Kier alpha value is -0.563. The maximum Gasteiger partial charge on any atom is 0.0571 e. The van der Waals surface area contributed by atoms with Gasteiger partial charge >= 0.3 is 0 Å². The Kier molecular flexibility index (Phi) is 4.59. The number of hydrogen-bond donors (Lipinski definition) is 0. The van der Waals surface area contributed by atoms with Gasteiger partial charge in [-0.05, 0) is 13.0 Å². The fraction of sp³-hybridized carbons (Fsp3) is 0.571. The minimum atomic E-state index is -0.981. The van der Waals surface area contributed by atoms with Crippen molar-refractivity contribution in [2.75, 3.05) is 0 Å². The van der Waals surface area contributed by atoms with Crippen molar-refractivity contribution in [2.24, 2.45) is 0 Å². The van der Waals surface area contributed by atoms with Gasteiger partial charge in [0.2, 0.25) is 0 Å². The van der Waals surface area contributed by atoms with Gasteiger partial charge in [0.15, 0.2) is 0 Å². The SMILES string of the molecule is CC[Si](CC)(CC)Cc1cccc(C)c1. The molecule has 1 rings (SSSR count). The van der Waals surface area contributed by atoms with Gasteiger partial charge in [0.05, 0.1) is 8.07 Å². The van der Waals surface area contributed by atoms with Crippen molar-refractivity contribution in [2.45, 2.75) is 51.9 Å². The molecule has 0 heterocycles. The van der Waals surface area contributed by atoms with Crippen molar-refractivity contribution in [3.8, 4) is 0 Å². The van der Waals surface area contributed by atoms with Crippen LogP contribution < -0.4 is 0 Å². The van der Waals surface area contributed by atoms with Crippen LogP contribution in [-0.4, -0.2) is 8.07 Å². The van der Waals surface area contributed by atoms with Gasteiger partial charge in [0, 0.05) is 0 Å². The van der Waals surface area contributed by atoms with Crippen LogP contribution in [0.5, 0.6) is 0 Å². The molecule has 0 aromatic heterocycles. The Morgan fingerprint density at radius 2 is 1.60 bits per heavy atom. The first-order chi connectivity index (χ1) is 7.15. The maximum atomic E-state index is 2.38. The van der Waals surface area contributed by atoms with Crippen molar-refractivity contribution in [1.82, 2.24) is 0 Å². The maximum absolute atomic E-state index is 2.38. The predicted molar refractivity (Wildman–Crippen MR) is 72.1 cm³/mol. The van der Waals surface area contributed by atoms with Crippen LogP contribution in [0.25, 0.3) is 0 Å². The summed E-state index contributed by atoms with van der Waals surface area (Å²) < 4.78 is 0. The van der Waals surface area contributed by atoms with Gasteiger partial charge in [-0.1, -0.05) is 74.3 Å². The average Bonchev–Trinajstić information content (AvgIpc) is 2.26. The molecule has 0 saturated heterocycles. The molecule has 0 radical (unpaired) electrons. The van der Waals surface area contributed by atoms with Crippen LogP contribution in [0.4, 0.5) is 0 Å². The first kappa shape index (κ1) is 12.5. The predicted octanol–water partition coefficient (Wildman–Crippen LogP) is 4.59. The topological polar surface area (TPSA) is 0 Å². The van der Waals surface area contributed by atoms with E-state index < -0.39 is 8.07 Å². The first-order valence-electron chi connectivity index (χ1n) is 6.21. The summed E-state index contributed by atoms with van der Waals surface area (Å²) in [6, 6.07) is 14.7. The Morgan fingerprint density at radius 1 is 1.00 bits per heavy atom. The molecule has 84 valence electrons. The minimum Gasteiger partial charge on any atom is -0.0678 e. The second kappa shape index (κ2) is 5.50. The Morgan fingerprint density at radius 3 is 2.07 bits per heavy atom. The lowest BCUT2D eigenvalue weighted by Crippen LogP contribution is -2.34. The van der Waals surface area contributed by atoms with E-state index >= 15 is 0 Å². The van der Waals surface area contributed by atoms with Crippen LogP contribution in [0, 0.1) is 6.92 Å². The van der Waals surface area contributed by atoms with E-state index in [9.17, 15) is 0 Å². The molecule has 0 saturated carbocycles. The van der Waals surface area contributed by atoms with Crippen LogP contribution >= 0.6 is 0 Å². The van der Waals surface area contributed by atoms with Crippen LogP contribution in [0.3, 0.4) is 0 Å². The second-order valence-electron chi connectivity index (χ2n) is 4.73.